The lowest BCUT2D eigenvalue weighted by Crippen LogP contribution is -2.59. The molecule has 0 bridgehead atoms. The number of carbonyl (C=O) groups excluding carboxylic acids is 12. The van der Waals surface area contributed by atoms with Crippen molar-refractivity contribution in [3.63, 3.8) is 0 Å². The summed E-state index contributed by atoms with van der Waals surface area (Å²) in [5.41, 5.74) is 5.72. The average molecular weight is 1360 g/mol. The fourth-order valence-corrected chi connectivity index (χ4v) is 9.37. The second-order valence-corrected chi connectivity index (χ2v) is 24.6. The van der Waals surface area contributed by atoms with E-state index in [1.54, 1.807) is 20.1 Å². The Morgan fingerprint density at radius 1 is 0.511 bits per heavy atom. The summed E-state index contributed by atoms with van der Waals surface area (Å²) in [6.45, 7) is 9.23. The van der Waals surface area contributed by atoms with Gasteiger partial charge in [-0.15, -0.1) is 0 Å². The number of amides is 12. The van der Waals surface area contributed by atoms with Gasteiger partial charge < -0.3 is 99.4 Å². The zero-order chi connectivity index (χ0) is 71.4. The molecule has 1 aliphatic heterocycles. The number of thioether (sulfide) groups is 1. The molecule has 18 N–H and O–H groups in total. The highest BCUT2D eigenvalue weighted by Crippen LogP contribution is 2.19. The van der Waals surface area contributed by atoms with E-state index in [2.05, 4.69) is 58.5 Å². The van der Waals surface area contributed by atoms with Gasteiger partial charge in [-0.05, 0) is 82.3 Å². The lowest BCUT2D eigenvalue weighted by atomic mass is 9.92. The largest absolute Gasteiger partial charge is 0.481 e. The van der Waals surface area contributed by atoms with Gasteiger partial charge >= 0.3 is 29.8 Å². The molecule has 0 aromatic rings. The Bertz CT molecular complexity index is 2680. The number of nitrogens with zero attached hydrogens (tertiary/aromatic N) is 1. The highest BCUT2D eigenvalue weighted by molar-refractivity contribution is 7.98. The fourth-order valence-electron chi connectivity index (χ4n) is 8.80. The number of likely N-dealkylation sites (tertiary alicyclic amines) is 1. The molecule has 0 radical (unpaired) electrons. The Morgan fingerprint density at radius 3 is 1.41 bits per heavy atom. The Morgan fingerprint density at radius 2 is 0.947 bits per heavy atom. The molecule has 0 aliphatic carbocycles. The first-order valence-corrected chi connectivity index (χ1v) is 31.8. The SMILES string of the molecule is CSC[C@H](NC(=O)CNC(=O)[C@H](CC(C)C)NC(=O)[C@@H]1CCCN1C(=O)COCCNC(=O)[C@@H](CCC(=O)O)NC(=O)[C@@H](CCC(=O)O)NC(=O)[C@@H](CCC(=O)O)NC(=O)[C@@H](CCC(=O)O)NC(=O)[C@H](N)CCC(=O)O)C(=O)N[C@@H](C)C(=O)NCC(=O)NCCC(C)(C)C. The number of carboxylic acid groups (broad SMARTS) is 5. The molecule has 9 atom stereocenters. The monoisotopic (exact) mass is 1360 g/mol. The van der Waals surface area contributed by atoms with Gasteiger partial charge in [0.1, 0.15) is 54.9 Å². The first-order chi connectivity index (χ1) is 43.9. The molecular weight excluding hydrogens is 1270 g/mol. The van der Waals surface area contributed by atoms with Crippen LogP contribution in [0.1, 0.15) is 131 Å². The minimum Gasteiger partial charge on any atom is -0.481 e. The van der Waals surface area contributed by atoms with Crippen LogP contribution in [0.25, 0.3) is 0 Å². The molecule has 1 heterocycles. The topological polar surface area (TPSA) is 562 Å². The van der Waals surface area contributed by atoms with Gasteiger partial charge in [0.15, 0.2) is 0 Å². The number of carbonyl (C=O) groups is 17. The van der Waals surface area contributed by atoms with E-state index in [9.17, 15) is 102 Å². The number of hydrogen-bond acceptors (Lipinski definition) is 20. The van der Waals surface area contributed by atoms with Crippen LogP contribution in [0.3, 0.4) is 0 Å². The Hall–Kier alpha value is -8.74. The molecule has 0 saturated carbocycles. The van der Waals surface area contributed by atoms with Gasteiger partial charge in [-0.3, -0.25) is 81.5 Å². The summed E-state index contributed by atoms with van der Waals surface area (Å²) in [6.07, 6.45) is -3.54. The number of aliphatic carboxylic acids is 5. The summed E-state index contributed by atoms with van der Waals surface area (Å²) in [5.74, 6) is -17.7. The third-order valence-electron chi connectivity index (χ3n) is 13.9. The molecule has 94 heavy (non-hydrogen) atoms. The Kier molecular flexibility index (Phi) is 38.3. The summed E-state index contributed by atoms with van der Waals surface area (Å²) in [5, 5.41) is 73.0. The van der Waals surface area contributed by atoms with Gasteiger partial charge in [0.2, 0.25) is 70.9 Å². The molecular formula is C57H93N13O23S. The zero-order valence-corrected chi connectivity index (χ0v) is 54.7. The van der Waals surface area contributed by atoms with Crippen LogP contribution in [0.15, 0.2) is 0 Å². The van der Waals surface area contributed by atoms with Gasteiger partial charge in [0.25, 0.3) is 0 Å². The van der Waals surface area contributed by atoms with Gasteiger partial charge in [-0.1, -0.05) is 34.6 Å². The molecule has 0 aromatic heterocycles. The maximum Gasteiger partial charge on any atom is 0.303 e. The van der Waals surface area contributed by atoms with Crippen molar-refractivity contribution in [1.29, 1.82) is 0 Å². The van der Waals surface area contributed by atoms with Crippen molar-refractivity contribution in [2.24, 2.45) is 17.1 Å². The minimum absolute atomic E-state index is 0.0107. The molecule has 37 heteroatoms. The van der Waals surface area contributed by atoms with E-state index in [0.29, 0.717) is 19.4 Å². The van der Waals surface area contributed by atoms with Crippen LogP contribution in [-0.2, 0) is 86.2 Å². The van der Waals surface area contributed by atoms with Crippen molar-refractivity contribution in [1.82, 2.24) is 63.4 Å². The van der Waals surface area contributed by atoms with E-state index in [-0.39, 0.29) is 56.2 Å². The number of rotatable bonds is 46. The summed E-state index contributed by atoms with van der Waals surface area (Å²) >= 11 is 1.22. The molecule has 12 amide bonds. The quantitative estimate of drug-likeness (QED) is 0.0255. The van der Waals surface area contributed by atoms with E-state index in [1.807, 2.05) is 20.8 Å². The summed E-state index contributed by atoms with van der Waals surface area (Å²) in [7, 11) is 0. The Labute approximate surface area is 546 Å². The summed E-state index contributed by atoms with van der Waals surface area (Å²) in [6, 6.07) is -13.1. The number of nitrogens with one attached hydrogen (secondary N) is 11. The van der Waals surface area contributed by atoms with Crippen LogP contribution in [-0.4, -0.2) is 243 Å². The van der Waals surface area contributed by atoms with E-state index >= 15 is 0 Å². The molecule has 0 aromatic carbocycles. The Balaban J connectivity index is 3.04. The third kappa shape index (κ3) is 35.3. The normalized spacial score (nSPS) is 15.3. The average Bonchev–Trinajstić information content (AvgIpc) is 1.64. The van der Waals surface area contributed by atoms with Crippen molar-refractivity contribution >= 4 is 112 Å². The lowest BCUT2D eigenvalue weighted by molar-refractivity contribution is -0.142. The van der Waals surface area contributed by atoms with E-state index in [0.717, 1.165) is 0 Å². The zero-order valence-electron chi connectivity index (χ0n) is 53.8. The molecule has 36 nitrogen and oxygen atoms in total. The second-order valence-electron chi connectivity index (χ2n) is 23.7. The lowest BCUT2D eigenvalue weighted by Gasteiger charge is -2.27. The van der Waals surface area contributed by atoms with Gasteiger partial charge in [0, 0.05) is 57.5 Å². The van der Waals surface area contributed by atoms with Crippen LogP contribution < -0.4 is 64.2 Å². The predicted octanol–water partition coefficient (Wildman–Crippen LogP) is -4.63. The maximum atomic E-state index is 13.8. The third-order valence-corrected chi connectivity index (χ3v) is 14.6. The van der Waals surface area contributed by atoms with E-state index in [1.165, 1.54) is 23.6 Å². The standard InChI is InChI=1S/C57H93N13O23S/c1-30(2)25-37(51(87)62-27-41(72)64-38(29-94-7)55(91)63-31(3)48(84)61-26-40(71)59-21-20-57(4,5)6)69-56(92)39-9-8-23-70(39)42(73)28-93-24-22-60-50(86)33(11-16-44(76)77)66-53(89)35(13-18-46(80)81)68-54(90)36(14-19-47(82)83)67-52(88)34(12-17-45(78)79)65-49(85)32(58)10-15-43(74)75/h30-39H,8-29,58H2,1-7H3,(H,59,71)(H,60,86)(H,61,84)(H,62,87)(H,63,91)(H,64,72)(H,65,85)(H,66,89)(H,67,88)(H,68,90)(H,69,92)(H,74,75)(H,76,77)(H,78,79)(H,80,81)(H,82,83)/t31-,32+,33+,34+,35+,36+,37-,38-,39-/m0/s1. The maximum absolute atomic E-state index is 13.8. The van der Waals surface area contributed by atoms with Gasteiger partial charge in [-0.2, -0.15) is 11.8 Å². The first-order valence-electron chi connectivity index (χ1n) is 30.4. The van der Waals surface area contributed by atoms with Crippen LogP contribution in [0, 0.1) is 11.3 Å². The van der Waals surface area contributed by atoms with E-state index in [4.69, 9.17) is 15.6 Å². The molecule has 0 spiro atoms. The number of nitrogens with two attached hydrogens (primary N) is 1. The fraction of sp³-hybridized carbons (Fsp3) is 0.702. The van der Waals surface area contributed by atoms with Gasteiger partial charge in [-0.25, -0.2) is 0 Å². The molecule has 1 aliphatic rings. The van der Waals surface area contributed by atoms with Crippen molar-refractivity contribution in [2.75, 3.05) is 57.9 Å². The summed E-state index contributed by atoms with van der Waals surface area (Å²) < 4.78 is 5.48. The number of hydrogen-bond donors (Lipinski definition) is 17. The summed E-state index contributed by atoms with van der Waals surface area (Å²) in [4.78, 5) is 218. The predicted molar refractivity (Wildman–Crippen MR) is 331 cm³/mol. The minimum atomic E-state index is -1.87. The number of carboxylic acids is 5. The van der Waals surface area contributed by atoms with Crippen molar-refractivity contribution in [2.45, 2.75) is 186 Å². The molecule has 1 saturated heterocycles. The highest BCUT2D eigenvalue weighted by atomic mass is 32.2. The van der Waals surface area contributed by atoms with Crippen LogP contribution in [0.2, 0.25) is 0 Å². The molecule has 1 fully saturated rings. The second kappa shape index (κ2) is 43.2. The van der Waals surface area contributed by atoms with Crippen LogP contribution in [0.5, 0.6) is 0 Å². The van der Waals surface area contributed by atoms with E-state index < -0.39 is 232 Å². The molecule has 530 valence electrons. The van der Waals surface area contributed by atoms with Gasteiger partial charge in [0.05, 0.1) is 25.7 Å². The van der Waals surface area contributed by atoms with Crippen molar-refractivity contribution < 1.29 is 112 Å². The smallest absolute Gasteiger partial charge is 0.303 e. The first kappa shape index (κ1) is 83.3. The van der Waals surface area contributed by atoms with Crippen molar-refractivity contribution in [3.05, 3.63) is 0 Å². The molecule has 1 rings (SSSR count). The number of ether oxygens (including phenoxy) is 1. The highest BCUT2D eigenvalue weighted by Gasteiger charge is 2.37. The van der Waals surface area contributed by atoms with Crippen LogP contribution in [0.4, 0.5) is 0 Å². The van der Waals surface area contributed by atoms with Crippen LogP contribution >= 0.6 is 11.8 Å². The molecule has 0 unspecified atom stereocenters. The van der Waals surface area contributed by atoms with Crippen molar-refractivity contribution in [3.8, 4) is 0 Å².